The van der Waals surface area contributed by atoms with Gasteiger partial charge in [-0.3, -0.25) is 9.67 Å². The first-order valence-electron chi connectivity index (χ1n) is 7.85. The Hall–Kier alpha value is -1.64. The van der Waals surface area contributed by atoms with Gasteiger partial charge in [0.1, 0.15) is 5.82 Å². The van der Waals surface area contributed by atoms with E-state index in [2.05, 4.69) is 20.7 Å². The molecule has 0 aliphatic carbocycles. The largest absolute Gasteiger partial charge is 0.356 e. The Morgan fingerprint density at radius 2 is 1.92 bits per heavy atom. The highest BCUT2D eigenvalue weighted by Crippen LogP contribution is 2.02. The van der Waals surface area contributed by atoms with E-state index in [9.17, 15) is 4.39 Å². The number of rotatable bonds is 7. The minimum absolute atomic E-state index is 0. The van der Waals surface area contributed by atoms with E-state index < -0.39 is 0 Å². The van der Waals surface area contributed by atoms with Crippen LogP contribution in [0.3, 0.4) is 0 Å². The van der Waals surface area contributed by atoms with Gasteiger partial charge in [-0.05, 0) is 43.0 Å². The van der Waals surface area contributed by atoms with Gasteiger partial charge in [0.05, 0.1) is 6.20 Å². The fourth-order valence-corrected chi connectivity index (χ4v) is 2.23. The number of hydrogen-bond donors (Lipinski definition) is 2. The van der Waals surface area contributed by atoms with Gasteiger partial charge < -0.3 is 10.6 Å². The molecule has 24 heavy (non-hydrogen) atoms. The second-order valence-corrected chi connectivity index (χ2v) is 5.44. The Labute approximate surface area is 159 Å². The summed E-state index contributed by atoms with van der Waals surface area (Å²) in [5.74, 6) is 0.579. The molecule has 5 nitrogen and oxygen atoms in total. The van der Waals surface area contributed by atoms with Gasteiger partial charge >= 0.3 is 0 Å². The monoisotopic (exact) mass is 445 g/mol. The summed E-state index contributed by atoms with van der Waals surface area (Å²) in [6.45, 7) is 4.50. The molecule has 0 radical (unpaired) electrons. The van der Waals surface area contributed by atoms with Crippen LogP contribution in [0.4, 0.5) is 4.39 Å². The van der Waals surface area contributed by atoms with E-state index in [1.807, 2.05) is 24.0 Å². The zero-order chi connectivity index (χ0) is 16.5. The van der Waals surface area contributed by atoms with Crippen LogP contribution in [0.15, 0.2) is 41.7 Å². The third kappa shape index (κ3) is 7.29. The van der Waals surface area contributed by atoms with E-state index in [1.165, 1.54) is 17.7 Å². The smallest absolute Gasteiger partial charge is 0.190 e. The van der Waals surface area contributed by atoms with Gasteiger partial charge in [-0.1, -0.05) is 12.1 Å². The molecule has 0 amide bonds. The van der Waals surface area contributed by atoms with E-state index in [0.29, 0.717) is 0 Å². The maximum Gasteiger partial charge on any atom is 0.190 e. The molecule has 0 unspecified atom stereocenters. The molecular weight excluding hydrogens is 420 g/mol. The lowest BCUT2D eigenvalue weighted by Crippen LogP contribution is -2.39. The summed E-state index contributed by atoms with van der Waals surface area (Å²) in [5.41, 5.74) is 2.28. The molecule has 0 aliphatic rings. The molecule has 0 fully saturated rings. The quantitative estimate of drug-likeness (QED) is 0.298. The van der Waals surface area contributed by atoms with E-state index in [0.717, 1.165) is 44.0 Å². The number of nitrogens with one attached hydrogen (secondary N) is 2. The van der Waals surface area contributed by atoms with Crippen LogP contribution in [0.25, 0.3) is 0 Å². The molecule has 1 aromatic carbocycles. The van der Waals surface area contributed by atoms with Gasteiger partial charge in [-0.2, -0.15) is 5.10 Å². The summed E-state index contributed by atoms with van der Waals surface area (Å²) >= 11 is 0. The summed E-state index contributed by atoms with van der Waals surface area (Å²) < 4.78 is 14.8. The summed E-state index contributed by atoms with van der Waals surface area (Å²) in [7, 11) is 1.75. The Morgan fingerprint density at radius 3 is 2.54 bits per heavy atom. The van der Waals surface area contributed by atoms with Crippen molar-refractivity contribution in [2.24, 2.45) is 4.99 Å². The van der Waals surface area contributed by atoms with Crippen molar-refractivity contribution in [3.63, 3.8) is 0 Å². The van der Waals surface area contributed by atoms with E-state index >= 15 is 0 Å². The zero-order valence-electron chi connectivity index (χ0n) is 14.1. The minimum Gasteiger partial charge on any atom is -0.356 e. The molecule has 132 valence electrons. The topological polar surface area (TPSA) is 54.2 Å². The molecule has 0 bridgehead atoms. The van der Waals surface area contributed by atoms with Gasteiger partial charge in [0, 0.05) is 32.9 Å². The van der Waals surface area contributed by atoms with Crippen molar-refractivity contribution >= 4 is 29.9 Å². The first-order chi connectivity index (χ1) is 11.2. The number of halogens is 2. The van der Waals surface area contributed by atoms with Crippen LogP contribution in [0.5, 0.6) is 0 Å². The molecular formula is C17H25FIN5. The van der Waals surface area contributed by atoms with Crippen LogP contribution in [0.2, 0.25) is 0 Å². The second kappa shape index (κ2) is 11.0. The van der Waals surface area contributed by atoms with E-state index in [1.54, 1.807) is 19.2 Å². The molecule has 2 aromatic rings. The number of aromatic nitrogens is 2. The average Bonchev–Trinajstić information content (AvgIpc) is 2.97. The van der Waals surface area contributed by atoms with Crippen molar-refractivity contribution < 1.29 is 4.39 Å². The number of guanidine groups is 1. The fourth-order valence-electron chi connectivity index (χ4n) is 2.23. The van der Waals surface area contributed by atoms with Crippen LogP contribution in [-0.2, 0) is 13.0 Å². The summed E-state index contributed by atoms with van der Waals surface area (Å²) in [5, 5.41) is 10.8. The standard InChI is InChI=1S/C17H24FN5.HI/c1-14-12-22-23(13-14)11-3-9-20-17(19-2)21-10-8-15-4-6-16(18)7-5-15;/h4-7,12-13H,3,8-11H2,1-2H3,(H2,19,20,21);1H. The van der Waals surface area contributed by atoms with Crippen molar-refractivity contribution in [2.75, 3.05) is 20.1 Å². The molecule has 0 atom stereocenters. The number of benzene rings is 1. The Morgan fingerprint density at radius 1 is 1.21 bits per heavy atom. The van der Waals surface area contributed by atoms with Crippen LogP contribution in [0, 0.1) is 12.7 Å². The first kappa shape index (κ1) is 20.4. The third-order valence-electron chi connectivity index (χ3n) is 3.46. The van der Waals surface area contributed by atoms with Crippen molar-refractivity contribution in [3.05, 3.63) is 53.6 Å². The lowest BCUT2D eigenvalue weighted by atomic mass is 10.1. The van der Waals surface area contributed by atoms with Gasteiger partial charge in [0.15, 0.2) is 5.96 Å². The average molecular weight is 445 g/mol. The first-order valence-corrected chi connectivity index (χ1v) is 7.85. The summed E-state index contributed by atoms with van der Waals surface area (Å²) in [6, 6.07) is 6.58. The molecule has 0 aliphatic heterocycles. The second-order valence-electron chi connectivity index (χ2n) is 5.44. The van der Waals surface area contributed by atoms with Crippen LogP contribution < -0.4 is 10.6 Å². The Bertz CT molecular complexity index is 624. The maximum absolute atomic E-state index is 12.8. The predicted molar refractivity (Wildman–Crippen MR) is 106 cm³/mol. The van der Waals surface area contributed by atoms with E-state index in [4.69, 9.17) is 0 Å². The zero-order valence-corrected chi connectivity index (χ0v) is 16.5. The van der Waals surface area contributed by atoms with Gasteiger partial charge in [0.25, 0.3) is 0 Å². The Kier molecular flexibility index (Phi) is 9.36. The van der Waals surface area contributed by atoms with Crippen molar-refractivity contribution in [1.82, 2.24) is 20.4 Å². The lowest BCUT2D eigenvalue weighted by molar-refractivity contribution is 0.570. The molecule has 0 spiro atoms. The van der Waals surface area contributed by atoms with Gasteiger partial charge in [-0.15, -0.1) is 24.0 Å². The number of nitrogens with zero attached hydrogens (tertiary/aromatic N) is 3. The van der Waals surface area contributed by atoms with Crippen LogP contribution in [0.1, 0.15) is 17.5 Å². The van der Waals surface area contributed by atoms with E-state index in [-0.39, 0.29) is 29.8 Å². The summed E-state index contributed by atoms with van der Waals surface area (Å²) in [6.07, 6.45) is 5.70. The molecule has 0 saturated heterocycles. The third-order valence-corrected chi connectivity index (χ3v) is 3.46. The molecule has 7 heteroatoms. The lowest BCUT2D eigenvalue weighted by Gasteiger charge is -2.12. The van der Waals surface area contributed by atoms with Crippen LogP contribution in [-0.4, -0.2) is 35.9 Å². The number of aryl methyl sites for hydroxylation is 2. The predicted octanol–water partition coefficient (Wildman–Crippen LogP) is 2.75. The normalized spacial score (nSPS) is 11.0. The molecule has 1 heterocycles. The van der Waals surface area contributed by atoms with Gasteiger partial charge in [-0.25, -0.2) is 4.39 Å². The highest BCUT2D eigenvalue weighted by molar-refractivity contribution is 14.0. The summed E-state index contributed by atoms with van der Waals surface area (Å²) in [4.78, 5) is 4.19. The number of aliphatic imine (C=N–C) groups is 1. The van der Waals surface area contributed by atoms with Crippen molar-refractivity contribution in [3.8, 4) is 0 Å². The molecule has 1 aromatic heterocycles. The van der Waals surface area contributed by atoms with Crippen LogP contribution >= 0.6 is 24.0 Å². The van der Waals surface area contributed by atoms with Crippen molar-refractivity contribution in [1.29, 1.82) is 0 Å². The van der Waals surface area contributed by atoms with Gasteiger partial charge in [0.2, 0.25) is 0 Å². The molecule has 2 N–H and O–H groups in total. The Balaban J connectivity index is 0.00000288. The highest BCUT2D eigenvalue weighted by atomic mass is 127. The highest BCUT2D eigenvalue weighted by Gasteiger charge is 1.99. The maximum atomic E-state index is 12.8. The minimum atomic E-state index is -0.202. The number of hydrogen-bond acceptors (Lipinski definition) is 2. The molecule has 0 saturated carbocycles. The van der Waals surface area contributed by atoms with Crippen molar-refractivity contribution in [2.45, 2.75) is 26.3 Å². The SMILES string of the molecule is CN=C(NCCCn1cc(C)cn1)NCCc1ccc(F)cc1.I. The fraction of sp³-hybridized carbons (Fsp3) is 0.412. The molecule has 2 rings (SSSR count).